The number of aryl methyl sites for hydroxylation is 2. The Kier molecular flexibility index (Phi) is 4.41. The number of allylic oxidation sites excluding steroid dienone is 1. The van der Waals surface area contributed by atoms with Gasteiger partial charge in [-0.1, -0.05) is 65.7 Å². The van der Waals surface area contributed by atoms with E-state index in [-0.39, 0.29) is 6.61 Å². The van der Waals surface area contributed by atoms with Gasteiger partial charge in [0, 0.05) is 5.41 Å². The van der Waals surface area contributed by atoms with Crippen LogP contribution in [0.5, 0.6) is 0 Å². The van der Waals surface area contributed by atoms with E-state index < -0.39 is 5.41 Å². The molecular weight excluding hydrogens is 244 g/mol. The van der Waals surface area contributed by atoms with Crippen LogP contribution in [-0.4, -0.2) is 11.7 Å². The van der Waals surface area contributed by atoms with Crippen LogP contribution in [0.4, 0.5) is 0 Å². The molecule has 0 aromatic heterocycles. The van der Waals surface area contributed by atoms with Crippen molar-refractivity contribution in [2.75, 3.05) is 6.61 Å². The van der Waals surface area contributed by atoms with E-state index in [4.69, 9.17) is 0 Å². The quantitative estimate of drug-likeness (QED) is 0.806. The van der Waals surface area contributed by atoms with Crippen molar-refractivity contribution < 1.29 is 5.11 Å². The van der Waals surface area contributed by atoms with Gasteiger partial charge in [-0.15, -0.1) is 6.58 Å². The second kappa shape index (κ2) is 6.06. The molecule has 2 aromatic rings. The summed E-state index contributed by atoms with van der Waals surface area (Å²) in [6.45, 7) is 8.09. The molecule has 2 rings (SSSR count). The lowest BCUT2D eigenvalue weighted by Gasteiger charge is -2.32. The van der Waals surface area contributed by atoms with Crippen molar-refractivity contribution in [1.29, 1.82) is 0 Å². The molecule has 0 unspecified atom stereocenters. The maximum absolute atomic E-state index is 10.1. The molecule has 20 heavy (non-hydrogen) atoms. The fourth-order valence-corrected chi connectivity index (χ4v) is 2.64. The number of benzene rings is 2. The van der Waals surface area contributed by atoms with Gasteiger partial charge < -0.3 is 5.11 Å². The third-order valence-electron chi connectivity index (χ3n) is 3.97. The summed E-state index contributed by atoms with van der Waals surface area (Å²) < 4.78 is 0. The van der Waals surface area contributed by atoms with Crippen LogP contribution in [0.1, 0.15) is 28.7 Å². The molecule has 1 N–H and O–H groups in total. The third-order valence-corrected chi connectivity index (χ3v) is 3.97. The molecule has 0 aliphatic carbocycles. The Balaban J connectivity index is 2.57. The Bertz CT molecular complexity index is 518. The summed E-state index contributed by atoms with van der Waals surface area (Å²) in [5, 5.41) is 10.1. The normalized spacial score (nSPS) is 11.3. The molecule has 0 saturated heterocycles. The smallest absolute Gasteiger partial charge is 0.0571 e. The van der Waals surface area contributed by atoms with Gasteiger partial charge in [0.1, 0.15) is 0 Å². The number of aliphatic hydroxyl groups is 1. The zero-order valence-electron chi connectivity index (χ0n) is 12.3. The van der Waals surface area contributed by atoms with Gasteiger partial charge in [-0.05, 0) is 31.4 Å². The van der Waals surface area contributed by atoms with Crippen LogP contribution in [0.3, 0.4) is 0 Å². The summed E-state index contributed by atoms with van der Waals surface area (Å²) in [5.74, 6) is 0. The molecule has 1 nitrogen and oxygen atoms in total. The maximum Gasteiger partial charge on any atom is 0.0571 e. The lowest BCUT2D eigenvalue weighted by molar-refractivity contribution is 0.220. The average Bonchev–Trinajstić information content (AvgIpc) is 2.47. The van der Waals surface area contributed by atoms with Crippen LogP contribution < -0.4 is 0 Å². The largest absolute Gasteiger partial charge is 0.395 e. The molecule has 0 fully saturated rings. The topological polar surface area (TPSA) is 20.2 Å². The van der Waals surface area contributed by atoms with Gasteiger partial charge in [0.2, 0.25) is 0 Å². The fourth-order valence-electron chi connectivity index (χ4n) is 2.64. The molecule has 104 valence electrons. The first-order valence-electron chi connectivity index (χ1n) is 6.98. The van der Waals surface area contributed by atoms with Crippen LogP contribution in [0.15, 0.2) is 61.2 Å². The molecule has 0 amide bonds. The molecule has 0 radical (unpaired) electrons. The third kappa shape index (κ3) is 2.68. The number of hydrogen-bond donors (Lipinski definition) is 1. The molecule has 0 saturated carbocycles. The van der Waals surface area contributed by atoms with Gasteiger partial charge in [-0.25, -0.2) is 0 Å². The lowest BCUT2D eigenvalue weighted by Crippen LogP contribution is -2.31. The summed E-state index contributed by atoms with van der Waals surface area (Å²) in [5.41, 5.74) is 4.32. The van der Waals surface area contributed by atoms with Crippen LogP contribution in [-0.2, 0) is 5.41 Å². The van der Waals surface area contributed by atoms with E-state index in [0.717, 1.165) is 17.5 Å². The van der Waals surface area contributed by atoms with Gasteiger partial charge in [0.15, 0.2) is 0 Å². The van der Waals surface area contributed by atoms with E-state index in [1.54, 1.807) is 0 Å². The Hall–Kier alpha value is -1.86. The highest BCUT2D eigenvalue weighted by Crippen LogP contribution is 2.36. The maximum atomic E-state index is 10.1. The summed E-state index contributed by atoms with van der Waals surface area (Å²) in [6, 6.07) is 16.8. The molecule has 0 heterocycles. The summed E-state index contributed by atoms with van der Waals surface area (Å²) in [7, 11) is 0. The molecule has 1 heteroatoms. The predicted octanol–water partition coefficient (Wildman–Crippen LogP) is 4.16. The Morgan fingerprint density at radius 1 is 0.900 bits per heavy atom. The zero-order chi connectivity index (χ0) is 14.6. The summed E-state index contributed by atoms with van der Waals surface area (Å²) in [4.78, 5) is 0. The van der Waals surface area contributed by atoms with Gasteiger partial charge in [0.05, 0.1) is 6.61 Å². The Morgan fingerprint density at radius 3 is 1.60 bits per heavy atom. The van der Waals surface area contributed by atoms with Crippen molar-refractivity contribution in [2.24, 2.45) is 0 Å². The average molecular weight is 266 g/mol. The highest BCUT2D eigenvalue weighted by atomic mass is 16.3. The van der Waals surface area contributed by atoms with Crippen LogP contribution >= 0.6 is 0 Å². The van der Waals surface area contributed by atoms with E-state index in [0.29, 0.717) is 0 Å². The number of rotatable bonds is 5. The number of aliphatic hydroxyl groups excluding tert-OH is 1. The highest BCUT2D eigenvalue weighted by molar-refractivity contribution is 5.42. The van der Waals surface area contributed by atoms with Crippen molar-refractivity contribution in [1.82, 2.24) is 0 Å². The van der Waals surface area contributed by atoms with Crippen molar-refractivity contribution in [3.05, 3.63) is 83.4 Å². The summed E-state index contributed by atoms with van der Waals surface area (Å²) >= 11 is 0. The van der Waals surface area contributed by atoms with Gasteiger partial charge in [-0.3, -0.25) is 0 Å². The van der Waals surface area contributed by atoms with Gasteiger partial charge in [0.25, 0.3) is 0 Å². The van der Waals surface area contributed by atoms with Crippen LogP contribution in [0.2, 0.25) is 0 Å². The monoisotopic (exact) mass is 266 g/mol. The number of hydrogen-bond acceptors (Lipinski definition) is 1. The van der Waals surface area contributed by atoms with Crippen molar-refractivity contribution in [3.63, 3.8) is 0 Å². The molecular formula is C19H22O. The van der Waals surface area contributed by atoms with Gasteiger partial charge >= 0.3 is 0 Å². The first-order valence-corrected chi connectivity index (χ1v) is 6.98. The van der Waals surface area contributed by atoms with E-state index in [1.807, 2.05) is 6.08 Å². The van der Waals surface area contributed by atoms with Crippen molar-refractivity contribution in [2.45, 2.75) is 25.7 Å². The summed E-state index contributed by atoms with van der Waals surface area (Å²) in [6.07, 6.45) is 2.60. The highest BCUT2D eigenvalue weighted by Gasteiger charge is 2.32. The van der Waals surface area contributed by atoms with Crippen LogP contribution in [0, 0.1) is 13.8 Å². The first kappa shape index (κ1) is 14.5. The Morgan fingerprint density at radius 2 is 1.30 bits per heavy atom. The first-order chi connectivity index (χ1) is 9.62. The van der Waals surface area contributed by atoms with Gasteiger partial charge in [-0.2, -0.15) is 0 Å². The second-order valence-electron chi connectivity index (χ2n) is 5.47. The SMILES string of the molecule is C=CCC(CO)(c1ccc(C)cc1)c1ccc(C)cc1. The predicted molar refractivity (Wildman–Crippen MR) is 85.0 cm³/mol. The molecule has 0 aliphatic rings. The molecule has 0 bridgehead atoms. The van der Waals surface area contributed by atoms with E-state index in [2.05, 4.69) is 69.0 Å². The Labute approximate surface area is 121 Å². The lowest BCUT2D eigenvalue weighted by atomic mass is 9.72. The van der Waals surface area contributed by atoms with E-state index >= 15 is 0 Å². The molecule has 0 atom stereocenters. The minimum atomic E-state index is -0.400. The second-order valence-corrected chi connectivity index (χ2v) is 5.47. The minimum absolute atomic E-state index is 0.0745. The van der Waals surface area contributed by atoms with Crippen molar-refractivity contribution >= 4 is 0 Å². The molecule has 0 spiro atoms. The van der Waals surface area contributed by atoms with Crippen molar-refractivity contribution in [3.8, 4) is 0 Å². The molecule has 0 aliphatic heterocycles. The van der Waals surface area contributed by atoms with Crippen LogP contribution in [0.25, 0.3) is 0 Å². The minimum Gasteiger partial charge on any atom is -0.395 e. The molecule has 2 aromatic carbocycles. The fraction of sp³-hybridized carbons (Fsp3) is 0.263. The van der Waals surface area contributed by atoms with E-state index in [1.165, 1.54) is 11.1 Å². The zero-order valence-corrected chi connectivity index (χ0v) is 12.3. The standard InChI is InChI=1S/C19H22O/c1-4-13-19(14-20,17-9-5-15(2)6-10-17)18-11-7-16(3)8-12-18/h4-12,20H,1,13-14H2,2-3H3. The van der Waals surface area contributed by atoms with E-state index in [9.17, 15) is 5.11 Å².